The van der Waals surface area contributed by atoms with Crippen molar-refractivity contribution in [3.8, 4) is 0 Å². The van der Waals surface area contributed by atoms with Gasteiger partial charge in [-0.2, -0.15) is 9.40 Å². The van der Waals surface area contributed by atoms with Gasteiger partial charge in [0.2, 0.25) is 10.0 Å². The Kier molecular flexibility index (Phi) is 5.26. The second-order valence-electron chi connectivity index (χ2n) is 6.02. The van der Waals surface area contributed by atoms with Crippen molar-refractivity contribution >= 4 is 10.0 Å². The lowest BCUT2D eigenvalue weighted by Gasteiger charge is -2.18. The third-order valence-electron chi connectivity index (χ3n) is 4.50. The Morgan fingerprint density at radius 1 is 1.26 bits per heavy atom. The lowest BCUT2D eigenvalue weighted by Crippen LogP contribution is -2.26. The third-order valence-corrected chi connectivity index (χ3v) is 6.32. The van der Waals surface area contributed by atoms with E-state index in [1.807, 2.05) is 26.1 Å². The summed E-state index contributed by atoms with van der Waals surface area (Å²) in [6.45, 7) is 6.51. The molecule has 0 aliphatic carbocycles. The molecule has 126 valence electrons. The van der Waals surface area contributed by atoms with Crippen molar-refractivity contribution in [3.05, 3.63) is 47.3 Å². The second-order valence-corrected chi connectivity index (χ2v) is 8.06. The maximum absolute atomic E-state index is 12.7. The predicted octanol–water partition coefficient (Wildman–Crippen LogP) is 3.06. The van der Waals surface area contributed by atoms with Gasteiger partial charge in [-0.25, -0.2) is 8.42 Å². The van der Waals surface area contributed by atoms with Crippen molar-refractivity contribution in [3.63, 3.8) is 0 Å². The summed E-state index contributed by atoms with van der Waals surface area (Å²) in [6.07, 6.45) is 2.75. The topological polar surface area (TPSA) is 55.2 Å². The zero-order valence-electron chi connectivity index (χ0n) is 14.4. The molecule has 1 heterocycles. The van der Waals surface area contributed by atoms with Crippen LogP contribution in [-0.4, -0.2) is 29.6 Å². The first-order valence-corrected chi connectivity index (χ1v) is 9.25. The quantitative estimate of drug-likeness (QED) is 0.815. The second kappa shape index (κ2) is 6.84. The molecule has 1 aromatic carbocycles. The van der Waals surface area contributed by atoms with Gasteiger partial charge in [0.25, 0.3) is 0 Å². The molecular weight excluding hydrogens is 310 g/mol. The highest BCUT2D eigenvalue weighted by molar-refractivity contribution is 7.89. The highest BCUT2D eigenvalue weighted by atomic mass is 32.2. The summed E-state index contributed by atoms with van der Waals surface area (Å²) in [5, 5.41) is 4.16. The summed E-state index contributed by atoms with van der Waals surface area (Å²) >= 11 is 0. The van der Waals surface area contributed by atoms with Crippen molar-refractivity contribution in [2.24, 2.45) is 7.05 Å². The largest absolute Gasteiger partial charge is 0.273 e. The van der Waals surface area contributed by atoms with E-state index >= 15 is 0 Å². The van der Waals surface area contributed by atoms with Crippen molar-refractivity contribution in [1.82, 2.24) is 14.1 Å². The van der Waals surface area contributed by atoms with Crippen LogP contribution < -0.4 is 0 Å². The fourth-order valence-corrected chi connectivity index (χ4v) is 3.56. The van der Waals surface area contributed by atoms with Gasteiger partial charge in [0, 0.05) is 31.9 Å². The molecule has 0 aliphatic heterocycles. The molecule has 0 spiro atoms. The Labute approximate surface area is 139 Å². The highest BCUT2D eigenvalue weighted by Crippen LogP contribution is 2.23. The van der Waals surface area contributed by atoms with Gasteiger partial charge < -0.3 is 0 Å². The number of sulfonamides is 1. The monoisotopic (exact) mass is 335 g/mol. The van der Waals surface area contributed by atoms with Crippen LogP contribution in [0, 0.1) is 6.92 Å². The van der Waals surface area contributed by atoms with Crippen LogP contribution in [0.3, 0.4) is 0 Å². The fourth-order valence-electron chi connectivity index (χ4n) is 2.41. The Morgan fingerprint density at radius 3 is 2.35 bits per heavy atom. The number of benzene rings is 1. The Hall–Kier alpha value is -1.66. The molecule has 1 aromatic heterocycles. The molecule has 5 nitrogen and oxygen atoms in total. The molecule has 0 saturated heterocycles. The summed E-state index contributed by atoms with van der Waals surface area (Å²) in [5.41, 5.74) is 3.05. The van der Waals surface area contributed by atoms with Crippen LogP contribution in [0.25, 0.3) is 0 Å². The van der Waals surface area contributed by atoms with E-state index in [0.29, 0.717) is 17.4 Å². The smallest absolute Gasteiger partial charge is 0.243 e. The highest BCUT2D eigenvalue weighted by Gasteiger charge is 2.22. The molecule has 0 amide bonds. The Bertz CT molecular complexity index is 764. The van der Waals surface area contributed by atoms with E-state index in [9.17, 15) is 8.42 Å². The summed E-state index contributed by atoms with van der Waals surface area (Å²) in [4.78, 5) is 0.327. The molecule has 0 fully saturated rings. The first kappa shape index (κ1) is 17.7. The van der Waals surface area contributed by atoms with E-state index in [1.165, 1.54) is 4.31 Å². The maximum Gasteiger partial charge on any atom is 0.243 e. The standard InChI is InChI=1S/C17H25N3O2S/c1-6-13(2)15-7-9-17(10-8-15)23(21,22)19(4)12-16-11-18-20(5)14(16)3/h7-11,13H,6,12H2,1-5H3/t13-/m0/s1. The minimum absolute atomic E-state index is 0.315. The summed E-state index contributed by atoms with van der Waals surface area (Å²) in [5.74, 6) is 0.433. The van der Waals surface area contributed by atoms with Crippen LogP contribution >= 0.6 is 0 Å². The van der Waals surface area contributed by atoms with Crippen molar-refractivity contribution in [1.29, 1.82) is 0 Å². The van der Waals surface area contributed by atoms with E-state index < -0.39 is 10.0 Å². The normalized spacial score (nSPS) is 13.5. The van der Waals surface area contributed by atoms with Gasteiger partial charge in [-0.05, 0) is 37.0 Å². The van der Waals surface area contributed by atoms with Gasteiger partial charge in [0.1, 0.15) is 0 Å². The molecule has 0 aliphatic rings. The lowest BCUT2D eigenvalue weighted by molar-refractivity contribution is 0.465. The molecule has 0 unspecified atom stereocenters. The van der Waals surface area contributed by atoms with Gasteiger partial charge in [-0.1, -0.05) is 26.0 Å². The predicted molar refractivity (Wildman–Crippen MR) is 91.7 cm³/mol. The third kappa shape index (κ3) is 3.64. The van der Waals surface area contributed by atoms with Crippen LogP contribution in [0.5, 0.6) is 0 Å². The number of nitrogens with zero attached hydrogens (tertiary/aromatic N) is 3. The van der Waals surface area contributed by atoms with Crippen LogP contribution in [0.15, 0.2) is 35.4 Å². The zero-order chi connectivity index (χ0) is 17.2. The van der Waals surface area contributed by atoms with Gasteiger partial charge in [-0.3, -0.25) is 4.68 Å². The van der Waals surface area contributed by atoms with Crippen molar-refractivity contribution in [2.45, 2.75) is 44.6 Å². The van der Waals surface area contributed by atoms with Crippen LogP contribution in [0.2, 0.25) is 0 Å². The van der Waals surface area contributed by atoms with E-state index in [2.05, 4.69) is 18.9 Å². The van der Waals surface area contributed by atoms with E-state index in [1.54, 1.807) is 30.1 Å². The molecule has 0 N–H and O–H groups in total. The maximum atomic E-state index is 12.7. The van der Waals surface area contributed by atoms with E-state index in [-0.39, 0.29) is 0 Å². The SMILES string of the molecule is CC[C@H](C)c1ccc(S(=O)(=O)N(C)Cc2cnn(C)c2C)cc1. The number of hydrogen-bond acceptors (Lipinski definition) is 3. The van der Waals surface area contributed by atoms with Gasteiger partial charge in [0.15, 0.2) is 0 Å². The minimum atomic E-state index is -3.50. The molecule has 0 bridgehead atoms. The molecule has 6 heteroatoms. The average molecular weight is 335 g/mol. The number of hydrogen-bond donors (Lipinski definition) is 0. The fraction of sp³-hybridized carbons (Fsp3) is 0.471. The van der Waals surface area contributed by atoms with E-state index in [0.717, 1.165) is 23.2 Å². The summed E-state index contributed by atoms with van der Waals surface area (Å²) < 4.78 is 28.5. The lowest BCUT2D eigenvalue weighted by atomic mass is 9.99. The minimum Gasteiger partial charge on any atom is -0.273 e. The van der Waals surface area contributed by atoms with Crippen LogP contribution in [0.1, 0.15) is 43.0 Å². The molecule has 2 rings (SSSR count). The summed E-state index contributed by atoms with van der Waals surface area (Å²) in [6, 6.07) is 7.21. The molecule has 0 saturated carbocycles. The van der Waals surface area contributed by atoms with Gasteiger partial charge in [-0.15, -0.1) is 0 Å². The molecule has 2 aromatic rings. The van der Waals surface area contributed by atoms with Gasteiger partial charge >= 0.3 is 0 Å². The van der Waals surface area contributed by atoms with E-state index in [4.69, 9.17) is 0 Å². The Morgan fingerprint density at radius 2 is 1.87 bits per heavy atom. The first-order chi connectivity index (χ1) is 10.8. The first-order valence-electron chi connectivity index (χ1n) is 7.81. The van der Waals surface area contributed by atoms with Crippen molar-refractivity contribution < 1.29 is 8.42 Å². The van der Waals surface area contributed by atoms with Crippen molar-refractivity contribution in [2.75, 3.05) is 7.05 Å². The number of aryl methyl sites for hydroxylation is 1. The Balaban J connectivity index is 2.21. The summed E-state index contributed by atoms with van der Waals surface area (Å²) in [7, 11) is -0.0479. The number of rotatable bonds is 6. The molecular formula is C17H25N3O2S. The van der Waals surface area contributed by atoms with Crippen LogP contribution in [0.4, 0.5) is 0 Å². The molecule has 1 atom stereocenters. The molecule has 23 heavy (non-hydrogen) atoms. The van der Waals surface area contributed by atoms with Crippen LogP contribution in [-0.2, 0) is 23.6 Å². The average Bonchev–Trinajstić information content (AvgIpc) is 2.86. The molecule has 0 radical (unpaired) electrons. The number of aromatic nitrogens is 2. The van der Waals surface area contributed by atoms with Gasteiger partial charge in [0.05, 0.1) is 11.1 Å². The zero-order valence-corrected chi connectivity index (χ0v) is 15.3.